The molecule has 3 heteroatoms. The van der Waals surface area contributed by atoms with Crippen LogP contribution in [0.1, 0.15) is 13.8 Å². The average molecular weight is 146 g/mol. The zero-order valence-electron chi connectivity index (χ0n) is 5.46. The molecule has 0 aromatic rings. The van der Waals surface area contributed by atoms with Gasteiger partial charge in [-0.3, -0.25) is 0 Å². The summed E-state index contributed by atoms with van der Waals surface area (Å²) in [5, 5.41) is 8.34. The first-order valence-electron chi connectivity index (χ1n) is 2.64. The highest BCUT2D eigenvalue weighted by Crippen LogP contribution is 2.00. The van der Waals surface area contributed by atoms with Gasteiger partial charge in [0.05, 0.1) is 0 Å². The van der Waals surface area contributed by atoms with Crippen molar-refractivity contribution in [2.75, 3.05) is 0 Å². The molecule has 1 atom stereocenters. The van der Waals surface area contributed by atoms with Gasteiger partial charge in [0, 0.05) is 10.8 Å². The quantitative estimate of drug-likeness (QED) is 0.455. The Kier molecular flexibility index (Phi) is 3.39. The van der Waals surface area contributed by atoms with Gasteiger partial charge in [0.2, 0.25) is 0 Å². The minimum absolute atomic E-state index is 0.0149. The Morgan fingerprint density at radius 3 is 2.33 bits per heavy atom. The summed E-state index contributed by atoms with van der Waals surface area (Å²) in [7, 11) is 0. The molecule has 0 aliphatic rings. The summed E-state index contributed by atoms with van der Waals surface area (Å²) in [5.41, 5.74) is 0.345. The van der Waals surface area contributed by atoms with Gasteiger partial charge < -0.3 is 5.11 Å². The number of carbonyl (C=O) groups is 1. The van der Waals surface area contributed by atoms with E-state index in [4.69, 9.17) is 5.11 Å². The molecule has 0 amide bonds. The lowest BCUT2D eigenvalue weighted by Gasteiger charge is -1.94. The number of thiol groups is 1. The minimum Gasteiger partial charge on any atom is -0.478 e. The zero-order valence-corrected chi connectivity index (χ0v) is 6.35. The van der Waals surface area contributed by atoms with Crippen LogP contribution in [0.15, 0.2) is 11.6 Å². The van der Waals surface area contributed by atoms with E-state index in [1.165, 1.54) is 0 Å². The van der Waals surface area contributed by atoms with E-state index in [2.05, 4.69) is 12.6 Å². The van der Waals surface area contributed by atoms with E-state index in [1.54, 1.807) is 13.0 Å². The lowest BCUT2D eigenvalue weighted by atomic mass is 10.2. The Morgan fingerprint density at radius 2 is 2.22 bits per heavy atom. The first-order valence-corrected chi connectivity index (χ1v) is 3.15. The highest BCUT2D eigenvalue weighted by molar-refractivity contribution is 7.81. The fraction of sp³-hybridized carbons (Fsp3) is 0.500. The standard InChI is InChI=1S/C6H10O2S/c1-4(6(7)8)3-5(2)9/h3,5,9H,1-2H3,(H,7,8). The van der Waals surface area contributed by atoms with Gasteiger partial charge in [-0.05, 0) is 13.8 Å². The van der Waals surface area contributed by atoms with Crippen molar-refractivity contribution < 1.29 is 9.90 Å². The van der Waals surface area contributed by atoms with Crippen LogP contribution in [0, 0.1) is 0 Å². The van der Waals surface area contributed by atoms with Gasteiger partial charge in [-0.25, -0.2) is 4.79 Å². The van der Waals surface area contributed by atoms with E-state index in [1.807, 2.05) is 6.92 Å². The Morgan fingerprint density at radius 1 is 1.78 bits per heavy atom. The molecule has 1 N–H and O–H groups in total. The van der Waals surface area contributed by atoms with Crippen molar-refractivity contribution in [1.29, 1.82) is 0 Å². The SMILES string of the molecule is CC(=CC(C)S)C(=O)O. The van der Waals surface area contributed by atoms with E-state index >= 15 is 0 Å². The molecule has 0 radical (unpaired) electrons. The maximum Gasteiger partial charge on any atom is 0.330 e. The van der Waals surface area contributed by atoms with Crippen LogP contribution in [0.3, 0.4) is 0 Å². The molecule has 9 heavy (non-hydrogen) atoms. The molecule has 0 saturated heterocycles. The van der Waals surface area contributed by atoms with Crippen LogP contribution in [0.25, 0.3) is 0 Å². The predicted octanol–water partition coefficient (Wildman–Crippen LogP) is 1.34. The van der Waals surface area contributed by atoms with E-state index in [-0.39, 0.29) is 5.25 Å². The third-order valence-corrected chi connectivity index (χ3v) is 0.978. The summed E-state index contributed by atoms with van der Waals surface area (Å²) in [6.45, 7) is 3.37. The highest BCUT2D eigenvalue weighted by Gasteiger charge is 1.99. The molecule has 52 valence electrons. The summed E-state index contributed by atoms with van der Waals surface area (Å²) in [6, 6.07) is 0. The van der Waals surface area contributed by atoms with Crippen LogP contribution >= 0.6 is 12.6 Å². The summed E-state index contributed by atoms with van der Waals surface area (Å²) in [6.07, 6.45) is 1.59. The van der Waals surface area contributed by atoms with E-state index < -0.39 is 5.97 Å². The largest absolute Gasteiger partial charge is 0.478 e. The predicted molar refractivity (Wildman–Crippen MR) is 39.8 cm³/mol. The van der Waals surface area contributed by atoms with Crippen LogP contribution in [-0.4, -0.2) is 16.3 Å². The van der Waals surface area contributed by atoms with E-state index in [9.17, 15) is 4.79 Å². The minimum atomic E-state index is -0.879. The number of aliphatic carboxylic acids is 1. The number of rotatable bonds is 2. The van der Waals surface area contributed by atoms with Crippen molar-refractivity contribution in [3.05, 3.63) is 11.6 Å². The molecule has 0 heterocycles. The zero-order chi connectivity index (χ0) is 7.44. The smallest absolute Gasteiger partial charge is 0.330 e. The lowest BCUT2D eigenvalue weighted by Crippen LogP contribution is -1.98. The van der Waals surface area contributed by atoms with Gasteiger partial charge in [0.1, 0.15) is 0 Å². The molecule has 0 aliphatic carbocycles. The van der Waals surface area contributed by atoms with Gasteiger partial charge >= 0.3 is 5.97 Å². The highest BCUT2D eigenvalue weighted by atomic mass is 32.1. The molecular weight excluding hydrogens is 136 g/mol. The summed E-state index contributed by atoms with van der Waals surface area (Å²) in [5.74, 6) is -0.879. The van der Waals surface area contributed by atoms with Crippen LogP contribution in [0.5, 0.6) is 0 Å². The van der Waals surface area contributed by atoms with Gasteiger partial charge in [0.25, 0.3) is 0 Å². The van der Waals surface area contributed by atoms with E-state index in [0.29, 0.717) is 5.57 Å². The second kappa shape index (κ2) is 3.56. The van der Waals surface area contributed by atoms with Crippen molar-refractivity contribution >= 4 is 18.6 Å². The fourth-order valence-electron chi connectivity index (χ4n) is 0.433. The Balaban J connectivity index is 4.00. The molecule has 0 aromatic heterocycles. The van der Waals surface area contributed by atoms with Crippen LogP contribution in [0.4, 0.5) is 0 Å². The fourth-order valence-corrected chi connectivity index (χ4v) is 0.657. The Bertz CT molecular complexity index is 138. The number of carboxylic acids is 1. The third-order valence-electron chi connectivity index (χ3n) is 0.829. The van der Waals surface area contributed by atoms with Crippen molar-refractivity contribution in [2.24, 2.45) is 0 Å². The molecule has 1 unspecified atom stereocenters. The normalized spacial score (nSPS) is 15.2. The van der Waals surface area contributed by atoms with Crippen LogP contribution < -0.4 is 0 Å². The molecule has 0 aliphatic heterocycles. The van der Waals surface area contributed by atoms with Gasteiger partial charge in [-0.1, -0.05) is 6.08 Å². The summed E-state index contributed by atoms with van der Waals surface area (Å²) < 4.78 is 0. The molecule has 2 nitrogen and oxygen atoms in total. The van der Waals surface area contributed by atoms with Gasteiger partial charge in [0.15, 0.2) is 0 Å². The van der Waals surface area contributed by atoms with E-state index in [0.717, 1.165) is 0 Å². The van der Waals surface area contributed by atoms with Gasteiger partial charge in [-0.2, -0.15) is 12.6 Å². The third kappa shape index (κ3) is 4.09. The maximum atomic E-state index is 10.1. The van der Waals surface area contributed by atoms with Crippen molar-refractivity contribution in [2.45, 2.75) is 19.1 Å². The number of hydrogen-bond donors (Lipinski definition) is 2. The molecule has 0 spiro atoms. The molecule has 0 aromatic carbocycles. The first kappa shape index (κ1) is 8.56. The Hall–Kier alpha value is -0.440. The Labute approximate surface area is 60.0 Å². The summed E-state index contributed by atoms with van der Waals surface area (Å²) in [4.78, 5) is 10.1. The first-order chi connectivity index (χ1) is 4.04. The molecule has 0 fully saturated rings. The van der Waals surface area contributed by atoms with Crippen molar-refractivity contribution in [3.8, 4) is 0 Å². The number of hydrogen-bond acceptors (Lipinski definition) is 2. The molecule has 0 rings (SSSR count). The van der Waals surface area contributed by atoms with Crippen LogP contribution in [-0.2, 0) is 4.79 Å². The molecule has 0 bridgehead atoms. The van der Waals surface area contributed by atoms with Crippen molar-refractivity contribution in [3.63, 3.8) is 0 Å². The van der Waals surface area contributed by atoms with Crippen molar-refractivity contribution in [1.82, 2.24) is 0 Å². The maximum absolute atomic E-state index is 10.1. The second-order valence-electron chi connectivity index (χ2n) is 1.90. The molecule has 0 saturated carbocycles. The average Bonchev–Trinajstić information content (AvgIpc) is 1.63. The monoisotopic (exact) mass is 146 g/mol. The second-order valence-corrected chi connectivity index (χ2v) is 2.71. The summed E-state index contributed by atoms with van der Waals surface area (Å²) >= 11 is 3.99. The van der Waals surface area contributed by atoms with Gasteiger partial charge in [-0.15, -0.1) is 0 Å². The van der Waals surface area contributed by atoms with Crippen LogP contribution in [0.2, 0.25) is 0 Å². The lowest BCUT2D eigenvalue weighted by molar-refractivity contribution is -0.132. The number of carboxylic acid groups (broad SMARTS) is 1. The topological polar surface area (TPSA) is 37.3 Å². The molecular formula is C6H10O2S.